The number of amides is 7. The highest BCUT2D eigenvalue weighted by molar-refractivity contribution is 7.52. The summed E-state index contributed by atoms with van der Waals surface area (Å²) in [6, 6.07) is 23.3. The van der Waals surface area contributed by atoms with Gasteiger partial charge in [0.05, 0.1) is 33.1 Å². The van der Waals surface area contributed by atoms with Crippen molar-refractivity contribution in [3.05, 3.63) is 141 Å². The number of β-amino-alcohol motifs (C(OH)–C–C–N with tert-alkyl or cyclic N) is 1. The van der Waals surface area contributed by atoms with Gasteiger partial charge < -0.3 is 55.6 Å². The second kappa shape index (κ2) is 31.6. The van der Waals surface area contributed by atoms with Crippen LogP contribution in [0.5, 0.6) is 5.75 Å². The van der Waals surface area contributed by atoms with Crippen molar-refractivity contribution in [1.29, 1.82) is 0 Å². The Bertz CT molecular complexity index is 3850. The zero-order chi connectivity index (χ0) is 70.1. The van der Waals surface area contributed by atoms with Crippen LogP contribution < -0.4 is 26.0 Å². The van der Waals surface area contributed by atoms with Crippen LogP contribution in [-0.4, -0.2) is 139 Å². The minimum absolute atomic E-state index is 0.0187. The summed E-state index contributed by atoms with van der Waals surface area (Å²) < 4.78 is 47.5. The van der Waals surface area contributed by atoms with Crippen molar-refractivity contribution in [1.82, 2.24) is 41.0 Å². The van der Waals surface area contributed by atoms with Crippen LogP contribution >= 0.6 is 30.3 Å². The second-order valence-corrected chi connectivity index (χ2v) is 31.7. The molecule has 20 nitrogen and oxygen atoms in total. The van der Waals surface area contributed by atoms with Crippen molar-refractivity contribution in [2.45, 2.75) is 187 Å². The number of thiazole rings is 1. The standard InChI is InChI=1S/C72H91F2N8O12PS2/c1-44(46-24-26-48(27-25-46)62-45(2)76-43-96-62)77-65(86)56-38-54(83)41-82(56)68(89)63(70(3,4)5)78-60(84)23-17-12-10-9-11-13-18-32-75-61(85)42-94-55-30-28-49-36-57(67(88)80-33-19-22-50(39-80)47-20-15-14-16-21-47)81(40-52(49)35-55)69(90)64(71(6,7)8)79-66(87)59-37-51-34-53(29-31-58(51)97-59)72(73,74)95(91,92)93/h14-16,20-21,24-31,34-35,37,43-44,50,54,56-57,63-64,83H,9-13,17-19,22-23,32-33,36,38-42H2,1-8H3,(H,75,85)(H,77,86)(H,78,84)(H,79,87)(H2,91,92,93)/t44-,50-,54+,56-,57-,63+,64+/m0/s1. The Morgan fingerprint density at radius 3 is 2.09 bits per heavy atom. The summed E-state index contributed by atoms with van der Waals surface area (Å²) in [5, 5.41) is 22.7. The highest BCUT2D eigenvalue weighted by Gasteiger charge is 2.51. The molecule has 2 fully saturated rings. The monoisotopic (exact) mass is 1390 g/mol. The van der Waals surface area contributed by atoms with Crippen LogP contribution in [-0.2, 0) is 52.0 Å². The number of carbonyl (C=O) groups is 7. The number of unbranched alkanes of at least 4 members (excludes halogenated alkanes) is 6. The van der Waals surface area contributed by atoms with Crippen LogP contribution in [0.4, 0.5) is 8.78 Å². The summed E-state index contributed by atoms with van der Waals surface area (Å²) in [5.74, 6) is -2.32. The number of benzene rings is 4. The molecule has 0 spiro atoms. The molecule has 7 amide bonds. The van der Waals surface area contributed by atoms with Crippen LogP contribution in [0.25, 0.3) is 20.5 Å². The van der Waals surface area contributed by atoms with Crippen molar-refractivity contribution >= 4 is 81.7 Å². The van der Waals surface area contributed by atoms with Crippen LogP contribution in [0.1, 0.15) is 174 Å². The molecule has 97 heavy (non-hydrogen) atoms. The van der Waals surface area contributed by atoms with Crippen molar-refractivity contribution in [2.75, 3.05) is 32.8 Å². The highest BCUT2D eigenvalue weighted by atomic mass is 32.1. The zero-order valence-corrected chi connectivity index (χ0v) is 58.9. The van der Waals surface area contributed by atoms with Gasteiger partial charge in [-0.25, -0.2) is 4.98 Å². The number of aliphatic hydroxyl groups is 1. The van der Waals surface area contributed by atoms with E-state index in [-0.39, 0.29) is 84.8 Å². The molecule has 522 valence electrons. The molecule has 7 atom stereocenters. The average Bonchev–Trinajstić information content (AvgIpc) is 1.00. The molecule has 0 saturated carbocycles. The molecular formula is C72H91F2N8O12PS2. The van der Waals surface area contributed by atoms with E-state index in [4.69, 9.17) is 4.74 Å². The number of fused-ring (bicyclic) bond motifs is 2. The van der Waals surface area contributed by atoms with Crippen LogP contribution in [0.15, 0.2) is 103 Å². The number of thiophene rings is 1. The van der Waals surface area contributed by atoms with Gasteiger partial charge in [-0.1, -0.05) is 140 Å². The Morgan fingerprint density at radius 2 is 1.42 bits per heavy atom. The van der Waals surface area contributed by atoms with E-state index < -0.39 is 77.6 Å². The van der Waals surface area contributed by atoms with Crippen molar-refractivity contribution in [2.24, 2.45) is 10.8 Å². The van der Waals surface area contributed by atoms with Gasteiger partial charge in [0, 0.05) is 68.2 Å². The Kier molecular flexibility index (Phi) is 24.0. The molecule has 25 heteroatoms. The lowest BCUT2D eigenvalue weighted by atomic mass is 9.83. The van der Waals surface area contributed by atoms with Gasteiger partial charge in [-0.15, -0.1) is 22.7 Å². The fourth-order valence-corrected chi connectivity index (χ4v) is 15.2. The number of aromatic nitrogens is 1. The Hall–Kier alpha value is -7.47. The number of carbonyl (C=O) groups excluding carboxylic acids is 7. The van der Waals surface area contributed by atoms with Gasteiger partial charge in [-0.2, -0.15) is 8.78 Å². The topological polar surface area (TPSA) is 277 Å². The largest absolute Gasteiger partial charge is 0.484 e. The number of piperidine rings is 1. The van der Waals surface area contributed by atoms with E-state index in [0.717, 1.165) is 108 Å². The van der Waals surface area contributed by atoms with E-state index in [9.17, 15) is 57.0 Å². The first-order valence-corrected chi connectivity index (χ1v) is 36.7. The lowest BCUT2D eigenvalue weighted by molar-refractivity contribution is -0.150. The third-order valence-electron chi connectivity index (χ3n) is 18.6. The lowest BCUT2D eigenvalue weighted by Gasteiger charge is -2.43. The fourth-order valence-electron chi connectivity index (χ4n) is 13.0. The molecule has 4 aromatic carbocycles. The summed E-state index contributed by atoms with van der Waals surface area (Å²) in [6.45, 7) is 15.8. The number of aliphatic hydroxyl groups excluding tert-OH is 1. The molecular weight excluding hydrogens is 1300 g/mol. The first-order valence-electron chi connectivity index (χ1n) is 33.4. The normalized spacial score (nSPS) is 18.6. The number of aryl methyl sites for hydroxylation is 1. The van der Waals surface area contributed by atoms with E-state index in [1.54, 1.807) is 44.2 Å². The number of nitrogens with zero attached hydrogens (tertiary/aromatic N) is 4. The van der Waals surface area contributed by atoms with Gasteiger partial charge in [0.2, 0.25) is 29.5 Å². The molecule has 9 rings (SSSR count). The van der Waals surface area contributed by atoms with Crippen LogP contribution in [0, 0.1) is 17.8 Å². The first-order chi connectivity index (χ1) is 45.9. The van der Waals surface area contributed by atoms with Gasteiger partial charge >= 0.3 is 13.3 Å². The number of halogens is 2. The number of ether oxygens (including phenoxy) is 1. The maximum absolute atomic E-state index is 15.2. The highest BCUT2D eigenvalue weighted by Crippen LogP contribution is 2.59. The van der Waals surface area contributed by atoms with E-state index in [2.05, 4.69) is 26.3 Å². The minimum atomic E-state index is -5.86. The molecule has 5 heterocycles. The lowest BCUT2D eigenvalue weighted by Crippen LogP contribution is -2.61. The molecule has 0 unspecified atom stereocenters. The number of alkyl halides is 2. The maximum atomic E-state index is 15.2. The molecule has 2 aromatic heterocycles. The molecule has 3 aliphatic heterocycles. The molecule has 2 saturated heterocycles. The van der Waals surface area contributed by atoms with Gasteiger partial charge in [0.25, 0.3) is 11.8 Å². The van der Waals surface area contributed by atoms with E-state index in [1.165, 1.54) is 21.9 Å². The third kappa shape index (κ3) is 18.5. The maximum Gasteiger partial charge on any atom is 0.399 e. The smallest absolute Gasteiger partial charge is 0.399 e. The SMILES string of the molecule is Cc1ncsc1-c1ccc([C@H](C)NC(=O)[C@@H]2C[C@@H](O)CN2C(=O)[C@@H](NC(=O)CCCCCCCCCNC(=O)COc2ccc3c(c2)CN(C(=O)[C@@H](NC(=O)c2cc4cc(C(F)(F)P(=O)(O)O)ccc4s2)C(C)(C)C)[C@H](C(=O)N2CCC[C@H](c4ccccc4)C2)C3)C(C)(C)C)cc1. The molecule has 6 aromatic rings. The Labute approximate surface area is 573 Å². The van der Waals surface area contributed by atoms with Crippen molar-refractivity contribution < 1.29 is 66.5 Å². The molecule has 3 aliphatic rings. The minimum Gasteiger partial charge on any atom is -0.484 e. The van der Waals surface area contributed by atoms with Crippen LogP contribution in [0.3, 0.4) is 0 Å². The van der Waals surface area contributed by atoms with Crippen molar-refractivity contribution in [3.63, 3.8) is 0 Å². The number of hydrogen-bond donors (Lipinski definition) is 7. The molecule has 0 radical (unpaired) electrons. The number of hydrogen-bond acceptors (Lipinski definition) is 13. The first kappa shape index (κ1) is 73.8. The molecule has 0 bridgehead atoms. The summed E-state index contributed by atoms with van der Waals surface area (Å²) in [5.41, 5.74) is 0.331. The van der Waals surface area contributed by atoms with E-state index in [1.807, 2.05) is 106 Å². The summed E-state index contributed by atoms with van der Waals surface area (Å²) in [4.78, 5) is 128. The van der Waals surface area contributed by atoms with Gasteiger partial charge in [0.15, 0.2) is 6.61 Å². The fraction of sp³-hybridized carbons (Fsp3) is 0.500. The predicted octanol–water partition coefficient (Wildman–Crippen LogP) is 11.1. The predicted molar refractivity (Wildman–Crippen MR) is 370 cm³/mol. The summed E-state index contributed by atoms with van der Waals surface area (Å²) in [7, 11) is -5.86. The number of likely N-dealkylation sites (tertiary alicyclic amines) is 2. The summed E-state index contributed by atoms with van der Waals surface area (Å²) >= 11 is 2.53. The number of rotatable bonds is 26. The quantitative estimate of drug-likeness (QED) is 0.0197. The Morgan fingerprint density at radius 1 is 0.753 bits per heavy atom. The number of nitrogens with one attached hydrogen (secondary N) is 4. The van der Waals surface area contributed by atoms with Crippen LogP contribution in [0.2, 0.25) is 0 Å². The van der Waals surface area contributed by atoms with E-state index in [0.29, 0.717) is 42.1 Å². The van der Waals surface area contributed by atoms with Crippen molar-refractivity contribution in [3.8, 4) is 16.2 Å². The average molecular weight is 1390 g/mol. The van der Waals surface area contributed by atoms with E-state index >= 15 is 4.79 Å². The third-order valence-corrected chi connectivity index (χ3v) is 21.6. The Balaban J connectivity index is 0.729. The van der Waals surface area contributed by atoms with Gasteiger partial charge in [0.1, 0.15) is 29.9 Å². The second-order valence-electron chi connectivity index (χ2n) is 28.1. The zero-order valence-electron chi connectivity index (χ0n) is 56.4. The van der Waals surface area contributed by atoms with Gasteiger partial charge in [-0.3, -0.25) is 38.1 Å². The van der Waals surface area contributed by atoms with Gasteiger partial charge in [-0.05, 0) is 114 Å². The summed E-state index contributed by atoms with van der Waals surface area (Å²) in [6.07, 6.45) is 7.04. The molecule has 0 aliphatic carbocycles. The molecule has 7 N–H and O–H groups in total.